The van der Waals surface area contributed by atoms with Crippen LogP contribution in [0.1, 0.15) is 32.1 Å². The summed E-state index contributed by atoms with van der Waals surface area (Å²) in [6.45, 7) is 5.70. The van der Waals surface area contributed by atoms with Gasteiger partial charge in [0.25, 0.3) is 0 Å². The van der Waals surface area contributed by atoms with E-state index in [9.17, 15) is 5.11 Å². The van der Waals surface area contributed by atoms with Gasteiger partial charge in [0.05, 0.1) is 11.5 Å². The van der Waals surface area contributed by atoms with Gasteiger partial charge < -0.3 is 14.7 Å². The van der Waals surface area contributed by atoms with E-state index >= 15 is 0 Å². The maximum atomic E-state index is 10.6. The number of nitrogens with zero attached hydrogens (tertiary/aromatic N) is 4. The molecule has 6 nitrogen and oxygen atoms in total. The molecule has 1 atom stereocenters. The van der Waals surface area contributed by atoms with Gasteiger partial charge in [-0.1, -0.05) is 0 Å². The minimum absolute atomic E-state index is 0.198. The lowest BCUT2D eigenvalue weighted by molar-refractivity contribution is -0.0602. The van der Waals surface area contributed by atoms with E-state index in [1.54, 1.807) is 17.7 Å². The second-order valence-electron chi connectivity index (χ2n) is 8.45. The van der Waals surface area contributed by atoms with Crippen LogP contribution in [0.5, 0.6) is 0 Å². The second-order valence-corrected chi connectivity index (χ2v) is 9.35. The third-order valence-corrected chi connectivity index (χ3v) is 7.54. The van der Waals surface area contributed by atoms with Crippen LogP contribution in [0.3, 0.4) is 0 Å². The summed E-state index contributed by atoms with van der Waals surface area (Å²) >= 11 is 1.68. The minimum atomic E-state index is -0.198. The summed E-state index contributed by atoms with van der Waals surface area (Å²) in [5.74, 6) is 1.08. The van der Waals surface area contributed by atoms with Crippen molar-refractivity contribution in [2.45, 2.75) is 44.2 Å². The second kappa shape index (κ2) is 7.28. The first-order valence-corrected chi connectivity index (χ1v) is 11.0. The fourth-order valence-corrected chi connectivity index (χ4v) is 6.03. The molecule has 5 heterocycles. The molecule has 0 saturated carbocycles. The smallest absolute Gasteiger partial charge is 0.140 e. The van der Waals surface area contributed by atoms with Gasteiger partial charge in [-0.2, -0.15) is 0 Å². The summed E-state index contributed by atoms with van der Waals surface area (Å²) in [5.41, 5.74) is 0.243. The van der Waals surface area contributed by atoms with Crippen LogP contribution in [0.2, 0.25) is 0 Å². The molecule has 1 unspecified atom stereocenters. The fourth-order valence-electron chi connectivity index (χ4n) is 5.31. The van der Waals surface area contributed by atoms with Crippen molar-refractivity contribution in [2.75, 3.05) is 44.3 Å². The zero-order valence-electron chi connectivity index (χ0n) is 15.7. The van der Waals surface area contributed by atoms with Crippen LogP contribution in [0.4, 0.5) is 5.82 Å². The van der Waals surface area contributed by atoms with Gasteiger partial charge in [-0.3, -0.25) is 4.90 Å². The maximum Gasteiger partial charge on any atom is 0.140 e. The van der Waals surface area contributed by atoms with E-state index in [1.807, 2.05) is 0 Å². The summed E-state index contributed by atoms with van der Waals surface area (Å²) < 4.78 is 5.54. The molecule has 146 valence electrons. The zero-order chi connectivity index (χ0) is 18.3. The van der Waals surface area contributed by atoms with Gasteiger partial charge in [0.2, 0.25) is 0 Å². The first-order valence-electron chi connectivity index (χ1n) is 10.2. The number of ether oxygens (including phenoxy) is 1. The number of hydrogen-bond acceptors (Lipinski definition) is 7. The highest BCUT2D eigenvalue weighted by Gasteiger charge is 2.43. The van der Waals surface area contributed by atoms with E-state index in [2.05, 4.69) is 31.2 Å². The Kier molecular flexibility index (Phi) is 4.80. The van der Waals surface area contributed by atoms with Crippen molar-refractivity contribution in [3.8, 4) is 0 Å². The van der Waals surface area contributed by atoms with Crippen LogP contribution in [0, 0.1) is 5.41 Å². The van der Waals surface area contributed by atoms with Gasteiger partial charge in [0.15, 0.2) is 0 Å². The highest BCUT2D eigenvalue weighted by atomic mass is 32.1. The lowest BCUT2D eigenvalue weighted by Gasteiger charge is -2.51. The number of piperidine rings is 2. The average molecular weight is 389 g/mol. The lowest BCUT2D eigenvalue weighted by Crippen LogP contribution is -2.57. The van der Waals surface area contributed by atoms with E-state index in [4.69, 9.17) is 4.74 Å². The van der Waals surface area contributed by atoms with Gasteiger partial charge in [0, 0.05) is 45.4 Å². The quantitative estimate of drug-likeness (QED) is 0.853. The van der Waals surface area contributed by atoms with Crippen molar-refractivity contribution in [1.82, 2.24) is 14.9 Å². The number of thiophene rings is 1. The van der Waals surface area contributed by atoms with Crippen molar-refractivity contribution in [3.63, 3.8) is 0 Å². The summed E-state index contributed by atoms with van der Waals surface area (Å²) in [7, 11) is 0. The van der Waals surface area contributed by atoms with Gasteiger partial charge in [-0.25, -0.2) is 9.97 Å². The lowest BCUT2D eigenvalue weighted by atomic mass is 9.71. The highest BCUT2D eigenvalue weighted by molar-refractivity contribution is 7.16. The van der Waals surface area contributed by atoms with Crippen molar-refractivity contribution in [2.24, 2.45) is 5.41 Å². The minimum Gasteiger partial charge on any atom is -0.392 e. The summed E-state index contributed by atoms with van der Waals surface area (Å²) in [6.07, 6.45) is 6.89. The third kappa shape index (κ3) is 3.46. The maximum absolute atomic E-state index is 10.6. The number of aliphatic hydroxyl groups excluding tert-OH is 1. The highest BCUT2D eigenvalue weighted by Crippen LogP contribution is 2.42. The predicted octanol–water partition coefficient (Wildman–Crippen LogP) is 2.52. The molecule has 3 saturated heterocycles. The first kappa shape index (κ1) is 17.8. The molecule has 1 N–H and O–H groups in total. The van der Waals surface area contributed by atoms with Crippen LogP contribution in [0.15, 0.2) is 17.8 Å². The summed E-state index contributed by atoms with van der Waals surface area (Å²) in [6, 6.07) is 2.72. The monoisotopic (exact) mass is 388 g/mol. The molecule has 27 heavy (non-hydrogen) atoms. The molecule has 2 aromatic rings. The molecule has 7 heteroatoms. The molecule has 0 aliphatic carbocycles. The Morgan fingerprint density at radius 2 is 2.00 bits per heavy atom. The van der Waals surface area contributed by atoms with Gasteiger partial charge in [-0.15, -0.1) is 11.3 Å². The van der Waals surface area contributed by atoms with Crippen LogP contribution >= 0.6 is 11.3 Å². The van der Waals surface area contributed by atoms with Crippen LogP contribution in [0.25, 0.3) is 10.2 Å². The van der Waals surface area contributed by atoms with Crippen molar-refractivity contribution in [1.29, 1.82) is 0 Å². The topological polar surface area (TPSA) is 61.7 Å². The van der Waals surface area contributed by atoms with Crippen molar-refractivity contribution >= 4 is 27.4 Å². The molecule has 0 aromatic carbocycles. The number of rotatable bonds is 2. The molecule has 3 fully saturated rings. The number of β-amino-alcohol motifs (C(OH)–C–C–N with tert-alkyl or cyclic N) is 1. The number of likely N-dealkylation sites (tertiary alicyclic amines) is 1. The molecule has 3 aliphatic rings. The summed E-state index contributed by atoms with van der Waals surface area (Å²) in [5, 5.41) is 13.9. The van der Waals surface area contributed by atoms with Crippen LogP contribution in [-0.4, -0.2) is 71.5 Å². The molecule has 1 spiro atoms. The van der Waals surface area contributed by atoms with Gasteiger partial charge in [0.1, 0.15) is 17.0 Å². The molecule has 5 rings (SSSR count). The van der Waals surface area contributed by atoms with E-state index in [-0.39, 0.29) is 11.5 Å². The van der Waals surface area contributed by atoms with Crippen molar-refractivity contribution < 1.29 is 9.84 Å². The Morgan fingerprint density at radius 1 is 1.19 bits per heavy atom. The molecular formula is C20H28N4O2S. The fraction of sp³-hybridized carbons (Fsp3) is 0.700. The zero-order valence-corrected chi connectivity index (χ0v) is 16.5. The number of hydrogen-bond donors (Lipinski definition) is 1. The molecule has 0 amide bonds. The number of fused-ring (bicyclic) bond motifs is 1. The molecule has 3 aliphatic heterocycles. The SMILES string of the molecule is OC1CN(C2CCOCC2)CC2(CCN(c3ncnc4sccc34)CC2)C1. The predicted molar refractivity (Wildman–Crippen MR) is 107 cm³/mol. The van der Waals surface area contributed by atoms with E-state index in [0.717, 1.165) is 82.1 Å². The molecule has 2 aromatic heterocycles. The van der Waals surface area contributed by atoms with Crippen LogP contribution in [-0.2, 0) is 4.74 Å². The Bertz CT molecular complexity index is 783. The first-order chi connectivity index (χ1) is 13.2. The molecular weight excluding hydrogens is 360 g/mol. The summed E-state index contributed by atoms with van der Waals surface area (Å²) in [4.78, 5) is 15.0. The van der Waals surface area contributed by atoms with Gasteiger partial charge in [-0.05, 0) is 49.0 Å². The number of anilines is 1. The van der Waals surface area contributed by atoms with Crippen LogP contribution < -0.4 is 4.90 Å². The Hall–Kier alpha value is -1.28. The Labute approximate surface area is 164 Å². The number of aromatic nitrogens is 2. The van der Waals surface area contributed by atoms with E-state index < -0.39 is 0 Å². The largest absolute Gasteiger partial charge is 0.392 e. The van der Waals surface area contributed by atoms with E-state index in [0.29, 0.717) is 6.04 Å². The normalized spacial score (nSPS) is 27.4. The Balaban J connectivity index is 1.30. The standard InChI is InChI=1S/C20H28N4O2S/c25-16-11-20(13-24(12-16)15-1-8-26-9-2-15)4-6-23(7-5-20)18-17-3-10-27-19(17)22-14-21-18/h3,10,14-16,25H,1-2,4-9,11-13H2. The van der Waals surface area contributed by atoms with E-state index in [1.165, 1.54) is 5.39 Å². The Morgan fingerprint density at radius 3 is 2.81 bits per heavy atom. The third-order valence-electron chi connectivity index (χ3n) is 6.72. The molecule has 0 radical (unpaired) electrons. The average Bonchev–Trinajstić information content (AvgIpc) is 3.18. The molecule has 0 bridgehead atoms. The number of aliphatic hydroxyl groups is 1. The van der Waals surface area contributed by atoms with Gasteiger partial charge >= 0.3 is 0 Å². The van der Waals surface area contributed by atoms with Crippen molar-refractivity contribution in [3.05, 3.63) is 17.8 Å².